The Morgan fingerprint density at radius 3 is 2.45 bits per heavy atom. The molecule has 0 unspecified atom stereocenters. The SMILES string of the molecule is CCCC(=O)Nc1ccc(N2CCCCC2)c(C(=O)N[C@@H](C)c2ccccc2)c1. The fourth-order valence-electron chi connectivity index (χ4n) is 3.76. The van der Waals surface area contributed by atoms with Gasteiger partial charge in [-0.2, -0.15) is 0 Å². The van der Waals surface area contributed by atoms with Gasteiger partial charge in [0.25, 0.3) is 5.91 Å². The Morgan fingerprint density at radius 1 is 1.03 bits per heavy atom. The highest BCUT2D eigenvalue weighted by atomic mass is 16.2. The van der Waals surface area contributed by atoms with Crippen LogP contribution in [0, 0.1) is 0 Å². The van der Waals surface area contributed by atoms with Gasteiger partial charge in [0.05, 0.1) is 11.6 Å². The van der Waals surface area contributed by atoms with Crippen molar-refractivity contribution in [3.63, 3.8) is 0 Å². The lowest BCUT2D eigenvalue weighted by atomic mass is 10.0. The van der Waals surface area contributed by atoms with Crippen LogP contribution in [0.4, 0.5) is 11.4 Å². The van der Waals surface area contributed by atoms with Crippen LogP contribution in [0.2, 0.25) is 0 Å². The minimum absolute atomic E-state index is 0.0257. The first-order valence-electron chi connectivity index (χ1n) is 10.6. The van der Waals surface area contributed by atoms with Crippen LogP contribution in [0.5, 0.6) is 0 Å². The predicted molar refractivity (Wildman–Crippen MR) is 118 cm³/mol. The van der Waals surface area contributed by atoms with Crippen molar-refractivity contribution < 1.29 is 9.59 Å². The topological polar surface area (TPSA) is 61.4 Å². The first-order valence-corrected chi connectivity index (χ1v) is 10.6. The van der Waals surface area contributed by atoms with E-state index in [1.807, 2.05) is 62.4 Å². The molecule has 1 saturated heterocycles. The number of rotatable bonds is 7. The second kappa shape index (κ2) is 10.1. The number of amides is 2. The smallest absolute Gasteiger partial charge is 0.253 e. The molecule has 154 valence electrons. The average Bonchev–Trinajstić information content (AvgIpc) is 2.75. The van der Waals surface area contributed by atoms with Gasteiger partial charge in [-0.1, -0.05) is 37.3 Å². The molecule has 0 spiro atoms. The van der Waals surface area contributed by atoms with Crippen LogP contribution >= 0.6 is 0 Å². The number of anilines is 2. The largest absolute Gasteiger partial charge is 0.371 e. The quantitative estimate of drug-likeness (QED) is 0.703. The van der Waals surface area contributed by atoms with E-state index >= 15 is 0 Å². The summed E-state index contributed by atoms with van der Waals surface area (Å²) in [5, 5.41) is 6.04. The summed E-state index contributed by atoms with van der Waals surface area (Å²) in [6.07, 6.45) is 4.77. The Balaban J connectivity index is 1.85. The maximum absolute atomic E-state index is 13.2. The second-order valence-corrected chi connectivity index (χ2v) is 7.68. The van der Waals surface area contributed by atoms with Gasteiger partial charge >= 0.3 is 0 Å². The zero-order valence-corrected chi connectivity index (χ0v) is 17.4. The number of carbonyl (C=O) groups excluding carboxylic acids is 2. The van der Waals surface area contributed by atoms with Crippen molar-refractivity contribution in [3.8, 4) is 0 Å². The van der Waals surface area contributed by atoms with Gasteiger partial charge in [0, 0.05) is 30.9 Å². The first kappa shape index (κ1) is 20.9. The van der Waals surface area contributed by atoms with Crippen LogP contribution in [0.3, 0.4) is 0 Å². The summed E-state index contributed by atoms with van der Waals surface area (Å²) >= 11 is 0. The molecule has 5 nitrogen and oxygen atoms in total. The van der Waals surface area contributed by atoms with Crippen LogP contribution in [0.15, 0.2) is 48.5 Å². The van der Waals surface area contributed by atoms with Gasteiger partial charge in [-0.05, 0) is 56.4 Å². The van der Waals surface area contributed by atoms with Gasteiger partial charge in [-0.15, -0.1) is 0 Å². The van der Waals surface area contributed by atoms with Gasteiger partial charge in [-0.3, -0.25) is 9.59 Å². The first-order chi connectivity index (χ1) is 14.1. The number of carbonyl (C=O) groups is 2. The molecular weight excluding hydrogens is 362 g/mol. The van der Waals surface area contributed by atoms with E-state index in [0.29, 0.717) is 17.7 Å². The number of nitrogens with one attached hydrogen (secondary N) is 2. The highest BCUT2D eigenvalue weighted by molar-refractivity contribution is 6.02. The molecule has 1 fully saturated rings. The lowest BCUT2D eigenvalue weighted by Crippen LogP contribution is -2.33. The third-order valence-corrected chi connectivity index (χ3v) is 5.35. The minimum Gasteiger partial charge on any atom is -0.371 e. The van der Waals surface area contributed by atoms with E-state index in [2.05, 4.69) is 15.5 Å². The molecule has 2 aromatic carbocycles. The predicted octanol–water partition coefficient (Wildman–Crippen LogP) is 4.91. The maximum atomic E-state index is 13.2. The summed E-state index contributed by atoms with van der Waals surface area (Å²) in [4.78, 5) is 27.5. The number of piperidine rings is 1. The average molecular weight is 394 g/mol. The molecule has 1 aliphatic heterocycles. The van der Waals surface area contributed by atoms with Crippen molar-refractivity contribution in [2.75, 3.05) is 23.3 Å². The summed E-state index contributed by atoms with van der Waals surface area (Å²) in [7, 11) is 0. The molecule has 0 aliphatic carbocycles. The van der Waals surface area contributed by atoms with Crippen LogP contribution < -0.4 is 15.5 Å². The van der Waals surface area contributed by atoms with Crippen molar-refractivity contribution in [1.29, 1.82) is 0 Å². The standard InChI is InChI=1S/C24H31N3O2/c1-3-10-23(28)26-20-13-14-22(27-15-8-5-9-16-27)21(17-20)24(29)25-18(2)19-11-6-4-7-12-19/h4,6-7,11-14,17-18H,3,5,8-10,15-16H2,1-2H3,(H,25,29)(H,26,28)/t18-/m0/s1. The summed E-state index contributed by atoms with van der Waals surface area (Å²) in [5.74, 6) is -0.143. The Hall–Kier alpha value is -2.82. The van der Waals surface area contributed by atoms with Crippen molar-refractivity contribution in [3.05, 3.63) is 59.7 Å². The number of nitrogens with zero attached hydrogens (tertiary/aromatic N) is 1. The third kappa shape index (κ3) is 5.59. The molecule has 0 radical (unpaired) electrons. The fraction of sp³-hybridized carbons (Fsp3) is 0.417. The molecule has 0 aromatic heterocycles. The van der Waals surface area contributed by atoms with Crippen LogP contribution in [0.1, 0.15) is 67.9 Å². The molecule has 1 aliphatic rings. The van der Waals surface area contributed by atoms with Gasteiger partial charge in [0.2, 0.25) is 5.91 Å². The molecule has 0 saturated carbocycles. The molecule has 2 N–H and O–H groups in total. The number of hydrogen-bond acceptors (Lipinski definition) is 3. The molecule has 1 heterocycles. The third-order valence-electron chi connectivity index (χ3n) is 5.35. The van der Waals surface area contributed by atoms with Gasteiger partial charge < -0.3 is 15.5 Å². The van der Waals surface area contributed by atoms with E-state index in [1.165, 1.54) is 6.42 Å². The van der Waals surface area contributed by atoms with E-state index < -0.39 is 0 Å². The fourth-order valence-corrected chi connectivity index (χ4v) is 3.76. The zero-order chi connectivity index (χ0) is 20.6. The molecule has 2 amide bonds. The monoisotopic (exact) mass is 393 g/mol. The van der Waals surface area contributed by atoms with E-state index in [1.54, 1.807) is 0 Å². The van der Waals surface area contributed by atoms with Crippen LogP contribution in [0.25, 0.3) is 0 Å². The Bertz CT molecular complexity index is 829. The van der Waals surface area contributed by atoms with E-state index in [-0.39, 0.29) is 17.9 Å². The van der Waals surface area contributed by atoms with Crippen molar-refractivity contribution in [2.45, 2.75) is 52.0 Å². The Morgan fingerprint density at radius 2 is 1.76 bits per heavy atom. The molecule has 0 bridgehead atoms. The summed E-state index contributed by atoms with van der Waals surface area (Å²) in [6.45, 7) is 5.87. The molecule has 5 heteroatoms. The Kier molecular flexibility index (Phi) is 7.28. The lowest BCUT2D eigenvalue weighted by Gasteiger charge is -2.31. The molecule has 1 atom stereocenters. The summed E-state index contributed by atoms with van der Waals surface area (Å²) < 4.78 is 0. The Labute approximate surface area is 173 Å². The zero-order valence-electron chi connectivity index (χ0n) is 17.4. The van der Waals surface area contributed by atoms with Crippen LogP contribution in [-0.2, 0) is 4.79 Å². The lowest BCUT2D eigenvalue weighted by molar-refractivity contribution is -0.116. The van der Waals surface area contributed by atoms with E-state index in [0.717, 1.165) is 43.6 Å². The summed E-state index contributed by atoms with van der Waals surface area (Å²) in [5.41, 5.74) is 3.29. The maximum Gasteiger partial charge on any atom is 0.253 e. The number of benzene rings is 2. The van der Waals surface area contributed by atoms with E-state index in [4.69, 9.17) is 0 Å². The van der Waals surface area contributed by atoms with Crippen LogP contribution in [-0.4, -0.2) is 24.9 Å². The highest BCUT2D eigenvalue weighted by Gasteiger charge is 2.21. The molecule has 2 aromatic rings. The van der Waals surface area contributed by atoms with E-state index in [9.17, 15) is 9.59 Å². The van der Waals surface area contributed by atoms with Gasteiger partial charge in [0.1, 0.15) is 0 Å². The summed E-state index contributed by atoms with van der Waals surface area (Å²) in [6, 6.07) is 15.5. The van der Waals surface area contributed by atoms with Crippen molar-refractivity contribution >= 4 is 23.2 Å². The number of hydrogen-bond donors (Lipinski definition) is 2. The van der Waals surface area contributed by atoms with Gasteiger partial charge in [-0.25, -0.2) is 0 Å². The molecular formula is C24H31N3O2. The van der Waals surface area contributed by atoms with Crippen molar-refractivity contribution in [1.82, 2.24) is 5.32 Å². The second-order valence-electron chi connectivity index (χ2n) is 7.68. The molecule has 3 rings (SSSR count). The van der Waals surface area contributed by atoms with Crippen molar-refractivity contribution in [2.24, 2.45) is 0 Å². The highest BCUT2D eigenvalue weighted by Crippen LogP contribution is 2.28. The molecule has 29 heavy (non-hydrogen) atoms. The minimum atomic E-state index is -0.117. The van der Waals surface area contributed by atoms with Gasteiger partial charge in [0.15, 0.2) is 0 Å². The normalized spacial score (nSPS) is 14.9.